The molecule has 1 heterocycles. The summed E-state index contributed by atoms with van der Waals surface area (Å²) in [4.78, 5) is 4.74. The van der Waals surface area contributed by atoms with Crippen molar-refractivity contribution >= 4 is 29.9 Å². The molecule has 0 aliphatic heterocycles. The average Bonchev–Trinajstić information content (AvgIpc) is 3.11. The molecule has 0 amide bonds. The van der Waals surface area contributed by atoms with Gasteiger partial charge in [-0.25, -0.2) is 0 Å². The van der Waals surface area contributed by atoms with Gasteiger partial charge < -0.3 is 20.5 Å². The zero-order chi connectivity index (χ0) is 20.8. The number of halogens is 1. The normalized spacial score (nSPS) is 14.0. The second kappa shape index (κ2) is 10.8. The monoisotopic (exact) mass is 515 g/mol. The number of aryl methyl sites for hydroxylation is 1. The first-order valence-corrected chi connectivity index (χ1v) is 9.56. The van der Waals surface area contributed by atoms with Crippen LogP contribution in [0.3, 0.4) is 0 Å². The first kappa shape index (κ1) is 25.2. The fourth-order valence-corrected chi connectivity index (χ4v) is 2.81. The van der Waals surface area contributed by atoms with Gasteiger partial charge in [-0.05, 0) is 31.5 Å². The molecular weight excluding hydrogens is 481 g/mol. The van der Waals surface area contributed by atoms with Crippen LogP contribution in [0, 0.1) is 0 Å². The predicted molar refractivity (Wildman–Crippen MR) is 128 cm³/mol. The van der Waals surface area contributed by atoms with Crippen LogP contribution in [-0.2, 0) is 18.1 Å². The van der Waals surface area contributed by atoms with Crippen LogP contribution < -0.4 is 15.4 Å². The maximum atomic E-state index is 10.8. The predicted octanol–water partition coefficient (Wildman–Crippen LogP) is 2.79. The van der Waals surface area contributed by atoms with Crippen molar-refractivity contribution in [3.63, 3.8) is 0 Å². The van der Waals surface area contributed by atoms with Gasteiger partial charge in [-0.15, -0.1) is 24.0 Å². The molecule has 8 heteroatoms. The number of methoxy groups -OCH3 is 1. The fraction of sp³-hybridized carbons (Fsp3) is 0.524. The minimum absolute atomic E-state index is 0. The summed E-state index contributed by atoms with van der Waals surface area (Å²) in [5.74, 6) is 1.52. The van der Waals surface area contributed by atoms with Gasteiger partial charge >= 0.3 is 0 Å². The van der Waals surface area contributed by atoms with Crippen LogP contribution in [0.2, 0.25) is 0 Å². The zero-order valence-electron chi connectivity index (χ0n) is 18.2. The SMILES string of the molecule is CCNC(=NCC(C)(C)c1ccc(OC)cc1)NCC(C)(O)c1cnn(C)c1.I. The first-order chi connectivity index (χ1) is 13.2. The Morgan fingerprint density at radius 3 is 2.34 bits per heavy atom. The number of ether oxygens (including phenoxy) is 1. The van der Waals surface area contributed by atoms with Crippen molar-refractivity contribution in [3.05, 3.63) is 47.8 Å². The fourth-order valence-electron chi connectivity index (χ4n) is 2.81. The molecule has 0 aliphatic carbocycles. The molecule has 0 aliphatic rings. The van der Waals surface area contributed by atoms with E-state index in [1.165, 1.54) is 5.56 Å². The van der Waals surface area contributed by atoms with E-state index in [9.17, 15) is 5.11 Å². The molecule has 1 aromatic heterocycles. The van der Waals surface area contributed by atoms with E-state index in [4.69, 9.17) is 9.73 Å². The molecule has 0 bridgehead atoms. The van der Waals surface area contributed by atoms with Crippen molar-refractivity contribution < 1.29 is 9.84 Å². The molecule has 29 heavy (non-hydrogen) atoms. The van der Waals surface area contributed by atoms with Gasteiger partial charge in [0.15, 0.2) is 5.96 Å². The van der Waals surface area contributed by atoms with Gasteiger partial charge in [-0.1, -0.05) is 26.0 Å². The molecule has 1 unspecified atom stereocenters. The second-order valence-electron chi connectivity index (χ2n) is 7.84. The summed E-state index contributed by atoms with van der Waals surface area (Å²) in [5, 5.41) is 21.4. The largest absolute Gasteiger partial charge is 0.497 e. The number of guanidine groups is 1. The van der Waals surface area contributed by atoms with Crippen molar-refractivity contribution in [1.82, 2.24) is 20.4 Å². The number of nitrogens with one attached hydrogen (secondary N) is 2. The van der Waals surface area contributed by atoms with E-state index in [-0.39, 0.29) is 29.4 Å². The average molecular weight is 515 g/mol. The molecule has 1 atom stereocenters. The Morgan fingerprint density at radius 2 is 1.83 bits per heavy atom. The first-order valence-electron chi connectivity index (χ1n) is 9.56. The molecular formula is C21H34IN5O2. The van der Waals surface area contributed by atoms with Crippen LogP contribution in [-0.4, -0.2) is 47.6 Å². The van der Waals surface area contributed by atoms with Crippen LogP contribution in [0.4, 0.5) is 0 Å². The van der Waals surface area contributed by atoms with Gasteiger partial charge in [-0.2, -0.15) is 5.10 Å². The summed E-state index contributed by atoms with van der Waals surface area (Å²) >= 11 is 0. The van der Waals surface area contributed by atoms with Crippen molar-refractivity contribution in [2.24, 2.45) is 12.0 Å². The highest BCUT2D eigenvalue weighted by Gasteiger charge is 2.25. The van der Waals surface area contributed by atoms with Gasteiger partial charge in [0.25, 0.3) is 0 Å². The Bertz CT molecular complexity index is 785. The number of aliphatic hydroxyl groups is 1. The topological polar surface area (TPSA) is 83.7 Å². The minimum atomic E-state index is -1.05. The van der Waals surface area contributed by atoms with Crippen molar-refractivity contribution in [1.29, 1.82) is 0 Å². The van der Waals surface area contributed by atoms with Crippen LogP contribution in [0.1, 0.15) is 38.8 Å². The lowest BCUT2D eigenvalue weighted by molar-refractivity contribution is 0.0616. The molecule has 0 radical (unpaired) electrons. The third-order valence-electron chi connectivity index (χ3n) is 4.78. The lowest BCUT2D eigenvalue weighted by Crippen LogP contribution is -2.45. The molecule has 2 aromatic rings. The summed E-state index contributed by atoms with van der Waals surface area (Å²) in [6.45, 7) is 9.77. The Kier molecular flexibility index (Phi) is 9.41. The highest BCUT2D eigenvalue weighted by Crippen LogP contribution is 2.25. The molecule has 0 saturated heterocycles. The van der Waals surface area contributed by atoms with Crippen molar-refractivity contribution in [2.75, 3.05) is 26.7 Å². The van der Waals surface area contributed by atoms with Gasteiger partial charge in [0.1, 0.15) is 11.4 Å². The van der Waals surface area contributed by atoms with E-state index in [0.717, 1.165) is 17.9 Å². The zero-order valence-corrected chi connectivity index (χ0v) is 20.5. The molecule has 1 aromatic carbocycles. The number of nitrogens with zero attached hydrogens (tertiary/aromatic N) is 3. The molecule has 2 rings (SSSR count). The summed E-state index contributed by atoms with van der Waals surface area (Å²) < 4.78 is 6.92. The number of aromatic nitrogens is 2. The molecule has 162 valence electrons. The number of hydrogen-bond donors (Lipinski definition) is 3. The van der Waals surface area contributed by atoms with Gasteiger partial charge in [0.2, 0.25) is 0 Å². The smallest absolute Gasteiger partial charge is 0.191 e. The van der Waals surface area contributed by atoms with E-state index < -0.39 is 5.60 Å². The highest BCUT2D eigenvalue weighted by molar-refractivity contribution is 14.0. The van der Waals surface area contributed by atoms with Crippen LogP contribution in [0.15, 0.2) is 41.7 Å². The maximum Gasteiger partial charge on any atom is 0.191 e. The van der Waals surface area contributed by atoms with Gasteiger partial charge in [-0.3, -0.25) is 9.67 Å². The Hall–Kier alpha value is -1.81. The number of aliphatic imine (C=N–C) groups is 1. The minimum Gasteiger partial charge on any atom is -0.497 e. The van der Waals surface area contributed by atoms with Crippen LogP contribution in [0.25, 0.3) is 0 Å². The Labute approximate surface area is 191 Å². The quantitative estimate of drug-likeness (QED) is 0.286. The van der Waals surface area contributed by atoms with E-state index in [2.05, 4.69) is 41.7 Å². The molecule has 3 N–H and O–H groups in total. The summed E-state index contributed by atoms with van der Waals surface area (Å²) in [6.07, 6.45) is 3.50. The van der Waals surface area contributed by atoms with Gasteiger partial charge in [0, 0.05) is 30.8 Å². The molecule has 0 fully saturated rings. The van der Waals surface area contributed by atoms with E-state index in [1.807, 2.05) is 32.3 Å². The lowest BCUT2D eigenvalue weighted by Gasteiger charge is -2.26. The van der Waals surface area contributed by atoms with Crippen LogP contribution in [0.5, 0.6) is 5.75 Å². The third-order valence-corrected chi connectivity index (χ3v) is 4.78. The lowest BCUT2D eigenvalue weighted by atomic mass is 9.85. The number of rotatable bonds is 8. The highest BCUT2D eigenvalue weighted by atomic mass is 127. The summed E-state index contributed by atoms with van der Waals surface area (Å²) in [5.41, 5.74) is 0.767. The molecule has 0 saturated carbocycles. The standard InChI is InChI=1S/C21H33N5O2.HI/c1-7-22-19(24-15-21(4,27)17-12-25-26(5)13-17)23-14-20(2,3)16-8-10-18(28-6)11-9-16;/h8-13,27H,7,14-15H2,1-6H3,(H2,22,23,24);1H. The van der Waals surface area contributed by atoms with E-state index in [1.54, 1.807) is 24.9 Å². The summed E-state index contributed by atoms with van der Waals surface area (Å²) in [6, 6.07) is 8.08. The van der Waals surface area contributed by atoms with Crippen molar-refractivity contribution in [2.45, 2.75) is 38.7 Å². The maximum absolute atomic E-state index is 10.8. The Balaban J connectivity index is 0.00000420. The molecule has 0 spiro atoms. The summed E-state index contributed by atoms with van der Waals surface area (Å²) in [7, 11) is 3.50. The number of hydrogen-bond acceptors (Lipinski definition) is 4. The second-order valence-corrected chi connectivity index (χ2v) is 7.84. The third kappa shape index (κ3) is 7.18. The van der Waals surface area contributed by atoms with E-state index >= 15 is 0 Å². The van der Waals surface area contributed by atoms with Crippen LogP contribution >= 0.6 is 24.0 Å². The van der Waals surface area contributed by atoms with Crippen molar-refractivity contribution in [3.8, 4) is 5.75 Å². The Morgan fingerprint density at radius 1 is 1.17 bits per heavy atom. The molecule has 7 nitrogen and oxygen atoms in total. The van der Waals surface area contributed by atoms with E-state index in [0.29, 0.717) is 19.0 Å². The van der Waals surface area contributed by atoms with Gasteiger partial charge in [0.05, 0.1) is 26.4 Å². The number of benzene rings is 1.